The van der Waals surface area contributed by atoms with Crippen LogP contribution in [0.4, 0.5) is 0 Å². The minimum Gasteiger partial charge on any atom is -0.354 e. The molecular weight excluding hydrogens is 845 g/mol. The number of nitrogens with one attached hydrogen (secondary N) is 2. The van der Waals surface area contributed by atoms with Gasteiger partial charge in [-0.15, -0.1) is 11.8 Å². The molecule has 7 unspecified atom stereocenters. The summed E-state index contributed by atoms with van der Waals surface area (Å²) in [5.74, 6) is 2.65. The van der Waals surface area contributed by atoms with E-state index in [0.717, 1.165) is 89.3 Å². The first kappa shape index (κ1) is 42.5. The minimum atomic E-state index is -0.0134. The number of benzene rings is 1. The molecule has 0 saturated carbocycles. The maximum Gasteiger partial charge on any atom is 0.131 e. The van der Waals surface area contributed by atoms with Gasteiger partial charge in [-0.3, -0.25) is 5.32 Å². The van der Waals surface area contributed by atoms with Gasteiger partial charge in [0.1, 0.15) is 12.0 Å². The fourth-order valence-electron chi connectivity index (χ4n) is 13.4. The van der Waals surface area contributed by atoms with Crippen LogP contribution in [0.2, 0.25) is 0 Å². The van der Waals surface area contributed by atoms with Gasteiger partial charge in [-0.05, 0) is 152 Å². The molecule has 0 radical (unpaired) electrons. The minimum absolute atomic E-state index is 0.0134. The summed E-state index contributed by atoms with van der Waals surface area (Å²) in [5, 5.41) is 10.1. The second-order valence-corrected chi connectivity index (χ2v) is 21.9. The van der Waals surface area contributed by atoms with Crippen molar-refractivity contribution in [2.24, 2.45) is 28.7 Å². The molecule has 68 heavy (non-hydrogen) atoms. The molecule has 13 rings (SSSR count). The van der Waals surface area contributed by atoms with E-state index in [2.05, 4.69) is 179 Å². The molecule has 1 aromatic carbocycles. The third kappa shape index (κ3) is 7.69. The average Bonchev–Trinajstić information content (AvgIpc) is 3.95. The van der Waals surface area contributed by atoms with Gasteiger partial charge in [-0.2, -0.15) is 0 Å². The molecule has 2 aromatic rings. The highest BCUT2D eigenvalue weighted by molar-refractivity contribution is 8.04. The van der Waals surface area contributed by atoms with E-state index in [1.54, 1.807) is 27.2 Å². The molecule has 1 aromatic heterocycles. The summed E-state index contributed by atoms with van der Waals surface area (Å²) in [5.41, 5.74) is 19.5. The smallest absolute Gasteiger partial charge is 0.131 e. The molecule has 2 N–H and O–H groups in total. The Kier molecular flexibility index (Phi) is 11.5. The fourth-order valence-corrected chi connectivity index (χ4v) is 15.1. The lowest BCUT2D eigenvalue weighted by atomic mass is 9.72. The molecule has 3 heterocycles. The second kappa shape index (κ2) is 18.4. The largest absolute Gasteiger partial charge is 0.354 e. The van der Waals surface area contributed by atoms with Crippen molar-refractivity contribution in [2.45, 2.75) is 114 Å². The van der Waals surface area contributed by atoms with E-state index in [1.807, 2.05) is 0 Å². The number of aromatic nitrogens is 1. The lowest BCUT2D eigenvalue weighted by Gasteiger charge is -2.39. The zero-order valence-electron chi connectivity index (χ0n) is 39.4. The van der Waals surface area contributed by atoms with Crippen LogP contribution in [-0.2, 0) is 6.42 Å². The Balaban J connectivity index is 0.971. The van der Waals surface area contributed by atoms with Crippen molar-refractivity contribution in [3.05, 3.63) is 212 Å². The van der Waals surface area contributed by atoms with Gasteiger partial charge in [-0.1, -0.05) is 139 Å². The first-order valence-corrected chi connectivity index (χ1v) is 27.1. The number of aliphatic imine (C=N–C) groups is 1. The highest BCUT2D eigenvalue weighted by Gasteiger charge is 2.44. The summed E-state index contributed by atoms with van der Waals surface area (Å²) in [6, 6.07) is 9.19. The number of rotatable bonds is 8. The molecule has 9 aliphatic carbocycles. The highest BCUT2D eigenvalue weighted by Crippen LogP contribution is 2.58. The van der Waals surface area contributed by atoms with E-state index >= 15 is 0 Å². The summed E-state index contributed by atoms with van der Waals surface area (Å²) in [6.45, 7) is 0. The number of para-hydroxylation sites is 1. The molecule has 1 fully saturated rings. The molecule has 0 amide bonds. The molecule has 2 aliphatic heterocycles. The van der Waals surface area contributed by atoms with Crippen LogP contribution in [0.1, 0.15) is 101 Å². The van der Waals surface area contributed by atoms with Crippen LogP contribution in [0.15, 0.2) is 206 Å². The first-order chi connectivity index (χ1) is 33.7. The lowest BCUT2D eigenvalue weighted by Crippen LogP contribution is -2.59. The van der Waals surface area contributed by atoms with Crippen LogP contribution in [0, 0.1) is 23.7 Å². The molecule has 0 bridgehead atoms. The van der Waals surface area contributed by atoms with Crippen molar-refractivity contribution in [1.29, 1.82) is 0 Å². The van der Waals surface area contributed by atoms with Gasteiger partial charge in [-0.25, -0.2) is 4.99 Å². The summed E-state index contributed by atoms with van der Waals surface area (Å²) in [7, 11) is 0. The summed E-state index contributed by atoms with van der Waals surface area (Å²) in [6.07, 6.45) is 66.5. The number of allylic oxidation sites excluding steroid dienone is 26. The predicted octanol–water partition coefficient (Wildman–Crippen LogP) is 14.9. The molecule has 5 heteroatoms. The zero-order valence-corrected chi connectivity index (χ0v) is 40.2. The van der Waals surface area contributed by atoms with Gasteiger partial charge < -0.3 is 9.88 Å². The third-order valence-corrected chi connectivity index (χ3v) is 18.2. The molecule has 342 valence electrons. The molecule has 7 atom stereocenters. The van der Waals surface area contributed by atoms with Crippen molar-refractivity contribution in [3.63, 3.8) is 0 Å². The number of hydrogen-bond acceptors (Lipinski definition) is 4. The Morgan fingerprint density at radius 1 is 0.721 bits per heavy atom. The van der Waals surface area contributed by atoms with Gasteiger partial charge in [0.15, 0.2) is 0 Å². The molecule has 1 saturated heterocycles. The Bertz CT molecular complexity index is 3000. The maximum absolute atomic E-state index is 5.82. The first-order valence-electron chi connectivity index (χ1n) is 26.2. The molecular formula is C63H64N4S. The van der Waals surface area contributed by atoms with E-state index in [1.165, 1.54) is 68.6 Å². The van der Waals surface area contributed by atoms with E-state index < -0.39 is 0 Å². The normalized spacial score (nSPS) is 30.7. The van der Waals surface area contributed by atoms with Crippen molar-refractivity contribution in [1.82, 2.24) is 15.2 Å². The van der Waals surface area contributed by atoms with Crippen LogP contribution in [0.5, 0.6) is 0 Å². The van der Waals surface area contributed by atoms with Crippen LogP contribution in [-0.4, -0.2) is 28.0 Å². The Hall–Kier alpha value is -5.62. The molecule has 4 nitrogen and oxygen atoms in total. The molecule has 11 aliphatic rings. The van der Waals surface area contributed by atoms with Gasteiger partial charge in [0.25, 0.3) is 0 Å². The predicted molar refractivity (Wildman–Crippen MR) is 288 cm³/mol. The van der Waals surface area contributed by atoms with E-state index in [0.29, 0.717) is 28.9 Å². The Morgan fingerprint density at radius 3 is 2.40 bits per heavy atom. The zero-order chi connectivity index (χ0) is 45.0. The fraction of sp³-hybridized carbons (Fsp3) is 0.349. The summed E-state index contributed by atoms with van der Waals surface area (Å²) < 4.78 is 2.64. The number of amidine groups is 1. The van der Waals surface area contributed by atoms with Gasteiger partial charge in [0, 0.05) is 63.3 Å². The number of nitrogens with zero attached hydrogens (tertiary/aromatic N) is 2. The van der Waals surface area contributed by atoms with Gasteiger partial charge in [0.05, 0.1) is 11.7 Å². The number of fused-ring (bicyclic) bond motifs is 6. The van der Waals surface area contributed by atoms with Crippen LogP contribution in [0.3, 0.4) is 0 Å². The van der Waals surface area contributed by atoms with Gasteiger partial charge in [0.2, 0.25) is 0 Å². The number of thioether (sulfide) groups is 1. The van der Waals surface area contributed by atoms with E-state index in [9.17, 15) is 0 Å². The summed E-state index contributed by atoms with van der Waals surface area (Å²) in [4.78, 5) is 7.48. The van der Waals surface area contributed by atoms with Crippen molar-refractivity contribution < 1.29 is 0 Å². The van der Waals surface area contributed by atoms with E-state index in [-0.39, 0.29) is 12.3 Å². The van der Waals surface area contributed by atoms with E-state index in [4.69, 9.17) is 4.99 Å². The van der Waals surface area contributed by atoms with Crippen LogP contribution in [0.25, 0.3) is 22.7 Å². The van der Waals surface area contributed by atoms with Crippen molar-refractivity contribution in [3.8, 4) is 0 Å². The topological polar surface area (TPSA) is 41.4 Å². The van der Waals surface area contributed by atoms with Gasteiger partial charge >= 0.3 is 0 Å². The quantitative estimate of drug-likeness (QED) is 0.277. The van der Waals surface area contributed by atoms with Crippen LogP contribution < -0.4 is 10.6 Å². The molecule has 0 spiro atoms. The second-order valence-electron chi connectivity index (χ2n) is 20.6. The average molecular weight is 909 g/mol. The highest BCUT2D eigenvalue weighted by atomic mass is 32.2. The Labute approximate surface area is 408 Å². The standard InChI is InChI=1S/C63H64N4S/c1-6-20-41(21-7-1)47-31-18-32-48(42-22-8-2-9-23-42)59(47)45-36-37-49(55(38-45)63-65-61(43-24-10-3-11-25-43)64-62(66-63)44-26-12-4-13-27-44)51-33-19-34-52-54-39-53-50-30-16-17-35-56(50)67(46-28-14-5-15-29-46)57(53)40-58(54)68-60(51)52/h1,3-8,10-14,16-17,20,22-24,26,28,30,32,35,38-39,41,43-44,52,58,61-62,64H,2,9,15,18-19,21,25,27,29,31,33-34,36-37,40H2,(H,65,66). The van der Waals surface area contributed by atoms with Crippen molar-refractivity contribution >= 4 is 40.3 Å². The lowest BCUT2D eigenvalue weighted by molar-refractivity contribution is 0.288. The Morgan fingerprint density at radius 2 is 1.59 bits per heavy atom. The summed E-state index contributed by atoms with van der Waals surface area (Å²) >= 11 is 2.23. The number of hydrogen-bond donors (Lipinski definition) is 2. The maximum atomic E-state index is 5.82. The SMILES string of the molecule is C1=CCCC(n2c3c(c4ccccc42)C=C2C(C3)SC3=C(C4=C(C5=NC(C6C=CC=CC6)NC(C6C=CC=CC6)N5)C=C(C5=C(C6C=CC=CC6)CCC=C5C5=CCCC=C5)CC4)CCCC23)=C1. The third-order valence-electron chi connectivity index (χ3n) is 16.6. The van der Waals surface area contributed by atoms with Crippen molar-refractivity contribution in [2.75, 3.05) is 0 Å². The van der Waals surface area contributed by atoms with Crippen LogP contribution >= 0.6 is 11.8 Å². The monoisotopic (exact) mass is 908 g/mol.